The number of halogens is 1. The monoisotopic (exact) mass is 360 g/mol. The van der Waals surface area contributed by atoms with Gasteiger partial charge in [-0.25, -0.2) is 14.4 Å². The van der Waals surface area contributed by atoms with Crippen LogP contribution in [0.4, 0.5) is 10.2 Å². The molecule has 1 fully saturated rings. The van der Waals surface area contributed by atoms with Crippen molar-refractivity contribution in [3.63, 3.8) is 0 Å². The Morgan fingerprint density at radius 3 is 3.08 bits per heavy atom. The highest BCUT2D eigenvalue weighted by Crippen LogP contribution is 2.20. The van der Waals surface area contributed by atoms with Gasteiger partial charge in [0.15, 0.2) is 23.4 Å². The van der Waals surface area contributed by atoms with Crippen LogP contribution in [0, 0.1) is 5.82 Å². The minimum absolute atomic E-state index is 0.176. The van der Waals surface area contributed by atoms with Gasteiger partial charge >= 0.3 is 0 Å². The van der Waals surface area contributed by atoms with Crippen molar-refractivity contribution < 1.29 is 8.91 Å². The molecule has 7 nitrogen and oxygen atoms in total. The van der Waals surface area contributed by atoms with Gasteiger partial charge in [-0.15, -0.1) is 0 Å². The van der Waals surface area contributed by atoms with E-state index in [4.69, 9.17) is 4.52 Å². The van der Waals surface area contributed by atoms with Crippen molar-refractivity contribution in [1.29, 1.82) is 0 Å². The number of pyridine rings is 1. The number of rotatable bonds is 6. The first-order valence-corrected chi connectivity index (χ1v) is 9.04. The SMILES string of the molecule is CCNC(=NCc1cc(CC)no1)NC1CCN(c2ncccc2F)C1. The first-order valence-electron chi connectivity index (χ1n) is 9.04. The van der Waals surface area contributed by atoms with E-state index >= 15 is 0 Å². The van der Waals surface area contributed by atoms with Crippen LogP contribution in [0.1, 0.15) is 31.7 Å². The zero-order valence-corrected chi connectivity index (χ0v) is 15.2. The second kappa shape index (κ2) is 8.64. The molecule has 0 spiro atoms. The molecule has 1 atom stereocenters. The predicted molar refractivity (Wildman–Crippen MR) is 98.6 cm³/mol. The maximum atomic E-state index is 13.9. The number of aryl methyl sites for hydroxylation is 1. The van der Waals surface area contributed by atoms with Gasteiger partial charge in [-0.05, 0) is 31.9 Å². The summed E-state index contributed by atoms with van der Waals surface area (Å²) in [4.78, 5) is 10.7. The fourth-order valence-corrected chi connectivity index (χ4v) is 2.95. The molecule has 2 aromatic rings. The van der Waals surface area contributed by atoms with Gasteiger partial charge in [-0.1, -0.05) is 12.1 Å². The summed E-state index contributed by atoms with van der Waals surface area (Å²) in [5.74, 6) is 1.58. The van der Waals surface area contributed by atoms with Gasteiger partial charge in [0.1, 0.15) is 6.54 Å². The average Bonchev–Trinajstić information content (AvgIpc) is 3.29. The highest BCUT2D eigenvalue weighted by atomic mass is 19.1. The van der Waals surface area contributed by atoms with E-state index in [1.54, 1.807) is 12.3 Å². The van der Waals surface area contributed by atoms with Crippen LogP contribution in [0.5, 0.6) is 0 Å². The minimum atomic E-state index is -0.286. The molecule has 0 bridgehead atoms. The molecule has 1 aliphatic heterocycles. The Bertz CT molecular complexity index is 747. The van der Waals surface area contributed by atoms with Crippen molar-refractivity contribution in [2.45, 2.75) is 39.3 Å². The number of hydrogen-bond acceptors (Lipinski definition) is 5. The standard InChI is InChI=1S/C18H25FN6O/c1-3-13-10-15(26-24-13)11-22-18(20-4-2)23-14-7-9-25(12-14)17-16(19)6-5-8-21-17/h5-6,8,10,14H,3-4,7,9,11-12H2,1-2H3,(H2,20,22,23). The van der Waals surface area contributed by atoms with Crippen molar-refractivity contribution in [3.8, 4) is 0 Å². The molecule has 0 amide bonds. The maximum Gasteiger partial charge on any atom is 0.191 e. The number of nitrogens with zero attached hydrogens (tertiary/aromatic N) is 4. The van der Waals surface area contributed by atoms with Gasteiger partial charge in [-0.2, -0.15) is 0 Å². The van der Waals surface area contributed by atoms with E-state index in [1.165, 1.54) is 6.07 Å². The predicted octanol–water partition coefficient (Wildman–Crippen LogP) is 2.11. The van der Waals surface area contributed by atoms with Crippen LogP contribution in [0.3, 0.4) is 0 Å². The van der Waals surface area contributed by atoms with E-state index < -0.39 is 0 Å². The van der Waals surface area contributed by atoms with Crippen LogP contribution in [0.2, 0.25) is 0 Å². The van der Waals surface area contributed by atoms with Crippen LogP contribution >= 0.6 is 0 Å². The molecule has 3 rings (SSSR count). The smallest absolute Gasteiger partial charge is 0.191 e. The van der Waals surface area contributed by atoms with E-state index in [2.05, 4.69) is 25.8 Å². The third kappa shape index (κ3) is 4.50. The lowest BCUT2D eigenvalue weighted by Crippen LogP contribution is -2.44. The first kappa shape index (κ1) is 18.2. The second-order valence-electron chi connectivity index (χ2n) is 6.22. The Morgan fingerprint density at radius 1 is 1.46 bits per heavy atom. The third-order valence-electron chi connectivity index (χ3n) is 4.27. The molecule has 1 aliphatic rings. The van der Waals surface area contributed by atoms with E-state index in [0.29, 0.717) is 18.9 Å². The summed E-state index contributed by atoms with van der Waals surface area (Å²) < 4.78 is 19.2. The molecular weight excluding hydrogens is 335 g/mol. The number of guanidine groups is 1. The summed E-state index contributed by atoms with van der Waals surface area (Å²) in [5.41, 5.74) is 0.928. The molecular formula is C18H25FN6O. The molecule has 2 N–H and O–H groups in total. The summed E-state index contributed by atoms with van der Waals surface area (Å²) in [7, 11) is 0. The Hall–Kier alpha value is -2.64. The van der Waals surface area contributed by atoms with Crippen molar-refractivity contribution in [2.24, 2.45) is 4.99 Å². The zero-order valence-electron chi connectivity index (χ0n) is 15.2. The third-order valence-corrected chi connectivity index (χ3v) is 4.27. The number of hydrogen-bond donors (Lipinski definition) is 2. The number of anilines is 1. The number of aromatic nitrogens is 2. The number of nitrogens with one attached hydrogen (secondary N) is 2. The lowest BCUT2D eigenvalue weighted by atomic mass is 10.3. The average molecular weight is 360 g/mol. The topological polar surface area (TPSA) is 78.6 Å². The summed E-state index contributed by atoms with van der Waals surface area (Å²) >= 11 is 0. The Labute approximate surface area is 152 Å². The highest BCUT2D eigenvalue weighted by Gasteiger charge is 2.25. The van der Waals surface area contributed by atoms with Gasteiger partial charge in [0.25, 0.3) is 0 Å². The van der Waals surface area contributed by atoms with Crippen LogP contribution < -0.4 is 15.5 Å². The van der Waals surface area contributed by atoms with Gasteiger partial charge in [0.2, 0.25) is 0 Å². The first-order chi connectivity index (χ1) is 12.7. The summed E-state index contributed by atoms with van der Waals surface area (Å²) in [5, 5.41) is 10.6. The molecule has 2 aromatic heterocycles. The molecule has 0 aromatic carbocycles. The lowest BCUT2D eigenvalue weighted by Gasteiger charge is -2.19. The molecule has 140 valence electrons. The van der Waals surface area contributed by atoms with E-state index in [-0.39, 0.29) is 11.9 Å². The Kier molecular flexibility index (Phi) is 6.04. The van der Waals surface area contributed by atoms with E-state index in [9.17, 15) is 4.39 Å². The largest absolute Gasteiger partial charge is 0.359 e. The van der Waals surface area contributed by atoms with Gasteiger partial charge in [-0.3, -0.25) is 0 Å². The highest BCUT2D eigenvalue weighted by molar-refractivity contribution is 5.80. The fraction of sp³-hybridized carbons (Fsp3) is 0.500. The van der Waals surface area contributed by atoms with E-state index in [0.717, 1.165) is 43.3 Å². The summed E-state index contributed by atoms with van der Waals surface area (Å²) in [6.07, 6.45) is 3.35. The fourth-order valence-electron chi connectivity index (χ4n) is 2.95. The van der Waals surface area contributed by atoms with Gasteiger partial charge in [0.05, 0.1) is 5.69 Å². The normalized spacial score (nSPS) is 17.6. The summed E-state index contributed by atoms with van der Waals surface area (Å²) in [6, 6.07) is 5.15. The molecule has 26 heavy (non-hydrogen) atoms. The van der Waals surface area contributed by atoms with Gasteiger partial charge in [0, 0.05) is 37.9 Å². The zero-order chi connectivity index (χ0) is 18.4. The Balaban J connectivity index is 1.59. The number of aliphatic imine (C=N–C) groups is 1. The Morgan fingerprint density at radius 2 is 2.35 bits per heavy atom. The van der Waals surface area contributed by atoms with Crippen molar-refractivity contribution in [1.82, 2.24) is 20.8 Å². The molecule has 1 saturated heterocycles. The maximum absolute atomic E-state index is 13.9. The van der Waals surface area contributed by atoms with Crippen molar-refractivity contribution in [3.05, 3.63) is 41.7 Å². The molecule has 0 radical (unpaired) electrons. The van der Waals surface area contributed by atoms with Crippen LogP contribution in [0.15, 0.2) is 33.9 Å². The van der Waals surface area contributed by atoms with Gasteiger partial charge < -0.3 is 20.1 Å². The molecule has 0 aliphatic carbocycles. The second-order valence-corrected chi connectivity index (χ2v) is 6.22. The van der Waals surface area contributed by atoms with Crippen LogP contribution in [0.25, 0.3) is 0 Å². The lowest BCUT2D eigenvalue weighted by molar-refractivity contribution is 0.379. The van der Waals surface area contributed by atoms with E-state index in [1.807, 2.05) is 24.8 Å². The molecule has 8 heteroatoms. The molecule has 3 heterocycles. The van der Waals surface area contributed by atoms with Crippen molar-refractivity contribution >= 4 is 11.8 Å². The van der Waals surface area contributed by atoms with Crippen molar-refractivity contribution in [2.75, 3.05) is 24.5 Å². The summed E-state index contributed by atoms with van der Waals surface area (Å²) in [6.45, 7) is 6.67. The molecule has 1 unspecified atom stereocenters. The minimum Gasteiger partial charge on any atom is -0.359 e. The molecule has 0 saturated carbocycles. The van der Waals surface area contributed by atoms with Crippen LogP contribution in [-0.4, -0.2) is 41.8 Å². The van der Waals surface area contributed by atoms with Crippen LogP contribution in [-0.2, 0) is 13.0 Å². The quantitative estimate of drug-likeness (QED) is 0.607.